The third kappa shape index (κ3) is 2.49. The largest absolute Gasteiger partial charge is 0.444 e. The van der Waals surface area contributed by atoms with Crippen LogP contribution < -0.4 is 0 Å². The van der Waals surface area contributed by atoms with Crippen molar-refractivity contribution in [1.29, 1.82) is 0 Å². The Bertz CT molecular complexity index is 457. The number of hydrogen-bond acceptors (Lipinski definition) is 3. The van der Waals surface area contributed by atoms with E-state index in [2.05, 4.69) is 11.7 Å². The third-order valence-corrected chi connectivity index (χ3v) is 2.40. The Kier molecular flexibility index (Phi) is 2.69. The summed E-state index contributed by atoms with van der Waals surface area (Å²) < 4.78 is 7.10. The van der Waals surface area contributed by atoms with Crippen LogP contribution in [0.25, 0.3) is 5.70 Å². The minimum absolute atomic E-state index is 0.314. The van der Waals surface area contributed by atoms with Crippen molar-refractivity contribution in [3.8, 4) is 0 Å². The van der Waals surface area contributed by atoms with Gasteiger partial charge in [0.1, 0.15) is 5.60 Å². The number of rotatable bonds is 0. The molecule has 0 fully saturated rings. The normalized spacial score (nSPS) is 15.7. The number of nitrogens with zero attached hydrogens (tertiary/aromatic N) is 3. The van der Waals surface area contributed by atoms with Gasteiger partial charge in [-0.15, -0.1) is 0 Å². The smallest absolute Gasteiger partial charge is 0.410 e. The number of aromatic nitrogens is 2. The fraction of sp³-hybridized carbons (Fsp3) is 0.500. The van der Waals surface area contributed by atoms with Gasteiger partial charge in [-0.05, 0) is 26.8 Å². The highest BCUT2D eigenvalue weighted by molar-refractivity contribution is 5.70. The SMILES string of the molecule is C=C1CN(C(=O)OC(C)(C)C)Cc2ccnn21. The van der Waals surface area contributed by atoms with Crippen molar-refractivity contribution < 1.29 is 9.53 Å². The summed E-state index contributed by atoms with van der Waals surface area (Å²) >= 11 is 0. The molecule has 17 heavy (non-hydrogen) atoms. The second kappa shape index (κ2) is 3.91. The molecule has 0 aromatic carbocycles. The summed E-state index contributed by atoms with van der Waals surface area (Å²) in [6.45, 7) is 10.4. The molecule has 0 N–H and O–H groups in total. The van der Waals surface area contributed by atoms with Gasteiger partial charge in [0.15, 0.2) is 0 Å². The Morgan fingerprint density at radius 2 is 2.18 bits per heavy atom. The molecule has 1 aromatic rings. The summed E-state index contributed by atoms with van der Waals surface area (Å²) in [4.78, 5) is 13.6. The Morgan fingerprint density at radius 3 is 2.82 bits per heavy atom. The maximum absolute atomic E-state index is 11.9. The van der Waals surface area contributed by atoms with Crippen molar-refractivity contribution in [3.05, 3.63) is 24.5 Å². The van der Waals surface area contributed by atoms with Gasteiger partial charge in [-0.25, -0.2) is 9.48 Å². The first-order chi connectivity index (χ1) is 7.87. The van der Waals surface area contributed by atoms with Crippen molar-refractivity contribution in [2.24, 2.45) is 0 Å². The number of carbonyl (C=O) groups is 1. The van der Waals surface area contributed by atoms with Crippen molar-refractivity contribution >= 4 is 11.8 Å². The first kappa shape index (κ1) is 11.7. The summed E-state index contributed by atoms with van der Waals surface area (Å²) in [6, 6.07) is 1.88. The van der Waals surface area contributed by atoms with Crippen LogP contribution in [0.1, 0.15) is 26.5 Å². The number of ether oxygens (including phenoxy) is 1. The van der Waals surface area contributed by atoms with E-state index >= 15 is 0 Å². The van der Waals surface area contributed by atoms with E-state index in [9.17, 15) is 4.79 Å². The molecule has 5 heteroatoms. The second-order valence-electron chi connectivity index (χ2n) is 5.14. The monoisotopic (exact) mass is 235 g/mol. The third-order valence-electron chi connectivity index (χ3n) is 2.40. The average Bonchev–Trinajstić information content (AvgIpc) is 2.63. The molecule has 1 aromatic heterocycles. The molecule has 0 unspecified atom stereocenters. The summed E-state index contributed by atoms with van der Waals surface area (Å²) in [5.74, 6) is 0. The van der Waals surface area contributed by atoms with Gasteiger partial charge >= 0.3 is 6.09 Å². The van der Waals surface area contributed by atoms with Crippen molar-refractivity contribution in [2.45, 2.75) is 32.9 Å². The maximum Gasteiger partial charge on any atom is 0.410 e. The van der Waals surface area contributed by atoms with E-state index in [1.807, 2.05) is 26.8 Å². The summed E-state index contributed by atoms with van der Waals surface area (Å²) in [5, 5.41) is 4.14. The zero-order valence-corrected chi connectivity index (χ0v) is 10.4. The molecule has 0 saturated heterocycles. The Hall–Kier alpha value is -1.78. The van der Waals surface area contributed by atoms with Crippen LogP contribution in [0.3, 0.4) is 0 Å². The predicted octanol–water partition coefficient (Wildman–Crippen LogP) is 2.10. The standard InChI is InChI=1S/C12H17N3O2/c1-9-7-14(11(16)17-12(2,3)4)8-10-5-6-13-15(9)10/h5-6H,1,7-8H2,2-4H3. The van der Waals surface area contributed by atoms with Crippen LogP contribution in [-0.2, 0) is 11.3 Å². The lowest BCUT2D eigenvalue weighted by Gasteiger charge is -2.31. The van der Waals surface area contributed by atoms with Crippen LogP contribution in [0.5, 0.6) is 0 Å². The Balaban J connectivity index is 2.12. The Morgan fingerprint density at radius 1 is 1.47 bits per heavy atom. The highest BCUT2D eigenvalue weighted by Crippen LogP contribution is 2.20. The van der Waals surface area contributed by atoms with Crippen molar-refractivity contribution in [1.82, 2.24) is 14.7 Å². The lowest BCUT2D eigenvalue weighted by molar-refractivity contribution is 0.0244. The summed E-state index contributed by atoms with van der Waals surface area (Å²) in [6.07, 6.45) is 1.39. The lowest BCUT2D eigenvalue weighted by atomic mass is 10.2. The zero-order chi connectivity index (χ0) is 12.6. The van der Waals surface area contributed by atoms with E-state index < -0.39 is 5.60 Å². The van der Waals surface area contributed by atoms with Crippen LogP contribution in [0.15, 0.2) is 18.8 Å². The van der Waals surface area contributed by atoms with Gasteiger partial charge in [0.05, 0.1) is 24.5 Å². The summed E-state index contributed by atoms with van der Waals surface area (Å²) in [7, 11) is 0. The minimum atomic E-state index is -0.476. The molecule has 0 aliphatic carbocycles. The first-order valence-electron chi connectivity index (χ1n) is 5.56. The highest BCUT2D eigenvalue weighted by atomic mass is 16.6. The number of amides is 1. The molecule has 0 radical (unpaired) electrons. The second-order valence-corrected chi connectivity index (χ2v) is 5.14. The molecule has 5 nitrogen and oxygen atoms in total. The van der Waals surface area contributed by atoms with Gasteiger partial charge in [0.25, 0.3) is 0 Å². The topological polar surface area (TPSA) is 47.4 Å². The van der Waals surface area contributed by atoms with E-state index in [1.54, 1.807) is 15.8 Å². The molecule has 0 bridgehead atoms. The highest BCUT2D eigenvalue weighted by Gasteiger charge is 2.27. The van der Waals surface area contributed by atoms with Crippen molar-refractivity contribution in [3.63, 3.8) is 0 Å². The minimum Gasteiger partial charge on any atom is -0.444 e. The molecule has 1 aliphatic rings. The molecule has 2 heterocycles. The van der Waals surface area contributed by atoms with Gasteiger partial charge in [-0.3, -0.25) is 4.90 Å². The van der Waals surface area contributed by atoms with E-state index in [4.69, 9.17) is 4.74 Å². The van der Waals surface area contributed by atoms with Crippen LogP contribution in [0.4, 0.5) is 4.79 Å². The fourth-order valence-corrected chi connectivity index (χ4v) is 1.73. The van der Waals surface area contributed by atoms with E-state index in [0.29, 0.717) is 13.1 Å². The first-order valence-corrected chi connectivity index (χ1v) is 5.56. The number of hydrogen-bond donors (Lipinski definition) is 0. The number of carbonyl (C=O) groups excluding carboxylic acids is 1. The van der Waals surface area contributed by atoms with Gasteiger partial charge in [0, 0.05) is 6.20 Å². The van der Waals surface area contributed by atoms with E-state index in [0.717, 1.165) is 11.4 Å². The molecule has 0 saturated carbocycles. The molecule has 1 aliphatic heterocycles. The maximum atomic E-state index is 11.9. The molecule has 0 atom stereocenters. The van der Waals surface area contributed by atoms with Gasteiger partial charge in [-0.2, -0.15) is 5.10 Å². The Labute approximate surface area is 101 Å². The predicted molar refractivity (Wildman–Crippen MR) is 64.2 cm³/mol. The average molecular weight is 235 g/mol. The molecule has 92 valence electrons. The quantitative estimate of drug-likeness (QED) is 0.692. The van der Waals surface area contributed by atoms with E-state index in [1.165, 1.54) is 0 Å². The molecular weight excluding hydrogens is 218 g/mol. The lowest BCUT2D eigenvalue weighted by Crippen LogP contribution is -2.40. The number of fused-ring (bicyclic) bond motifs is 1. The molecule has 0 spiro atoms. The van der Waals surface area contributed by atoms with Gasteiger partial charge < -0.3 is 4.74 Å². The van der Waals surface area contributed by atoms with Crippen LogP contribution in [0.2, 0.25) is 0 Å². The van der Waals surface area contributed by atoms with Gasteiger partial charge in [0.2, 0.25) is 0 Å². The van der Waals surface area contributed by atoms with E-state index in [-0.39, 0.29) is 6.09 Å². The molecule has 1 amide bonds. The fourth-order valence-electron chi connectivity index (χ4n) is 1.73. The summed E-state index contributed by atoms with van der Waals surface area (Å²) in [5.41, 5.74) is 1.25. The van der Waals surface area contributed by atoms with Crippen LogP contribution in [0, 0.1) is 0 Å². The molecule has 2 rings (SSSR count). The van der Waals surface area contributed by atoms with Crippen molar-refractivity contribution in [2.75, 3.05) is 6.54 Å². The van der Waals surface area contributed by atoms with Crippen LogP contribution in [-0.4, -0.2) is 32.9 Å². The zero-order valence-electron chi connectivity index (χ0n) is 10.4. The molecular formula is C12H17N3O2. The van der Waals surface area contributed by atoms with Gasteiger partial charge in [-0.1, -0.05) is 6.58 Å². The van der Waals surface area contributed by atoms with Crippen LogP contribution >= 0.6 is 0 Å².